The van der Waals surface area contributed by atoms with E-state index >= 15 is 0 Å². The highest BCUT2D eigenvalue weighted by Crippen LogP contribution is 2.22. The van der Waals surface area contributed by atoms with Crippen molar-refractivity contribution >= 4 is 6.09 Å². The number of piperidine rings is 1. The smallest absolute Gasteiger partial charge is 0.410 e. The van der Waals surface area contributed by atoms with Gasteiger partial charge in [0.05, 0.1) is 12.1 Å². The number of carbonyl (C=O) groups excluding carboxylic acids is 1. The molecule has 1 aliphatic heterocycles. The number of rotatable bonds is 5. The molecule has 0 bridgehead atoms. The van der Waals surface area contributed by atoms with E-state index in [4.69, 9.17) is 9.84 Å². The molecule has 5 nitrogen and oxygen atoms in total. The Bertz CT molecular complexity index is 437. The van der Waals surface area contributed by atoms with Crippen molar-refractivity contribution in [3.8, 4) is 0 Å². The van der Waals surface area contributed by atoms with Gasteiger partial charge in [0.15, 0.2) is 0 Å². The average Bonchev–Trinajstić information content (AvgIpc) is 2.54. The standard InChI is InChI=1S/C16H23NO4/c18-11-9-15(19)14-8-4-5-10-17(14)16(20)21-12-13-6-2-1-3-7-13/h1-3,6-7,14-15,18-19H,4-5,8-12H2/t14-,15+/m0/s1. The second-order valence-corrected chi connectivity index (χ2v) is 5.38. The Labute approximate surface area is 125 Å². The minimum atomic E-state index is -0.695. The normalized spacial score (nSPS) is 20.1. The van der Waals surface area contributed by atoms with E-state index in [-0.39, 0.29) is 31.8 Å². The van der Waals surface area contributed by atoms with Crippen LogP contribution in [-0.2, 0) is 11.3 Å². The highest BCUT2D eigenvalue weighted by Gasteiger charge is 2.32. The predicted octanol–water partition coefficient (Wildman–Crippen LogP) is 1.92. The van der Waals surface area contributed by atoms with Crippen LogP contribution in [0.2, 0.25) is 0 Å². The van der Waals surface area contributed by atoms with Crippen molar-refractivity contribution in [3.63, 3.8) is 0 Å². The number of carbonyl (C=O) groups is 1. The SMILES string of the molecule is O=C(OCc1ccccc1)N1CCCC[C@H]1[C@H](O)CCO. The van der Waals surface area contributed by atoms with Crippen molar-refractivity contribution in [2.75, 3.05) is 13.2 Å². The predicted molar refractivity (Wildman–Crippen MR) is 78.7 cm³/mol. The Balaban J connectivity index is 1.92. The first-order chi connectivity index (χ1) is 10.2. The minimum Gasteiger partial charge on any atom is -0.445 e. The molecular formula is C16H23NO4. The summed E-state index contributed by atoms with van der Waals surface area (Å²) >= 11 is 0. The van der Waals surface area contributed by atoms with Gasteiger partial charge in [-0.3, -0.25) is 0 Å². The quantitative estimate of drug-likeness (QED) is 0.870. The van der Waals surface area contributed by atoms with E-state index < -0.39 is 6.10 Å². The van der Waals surface area contributed by atoms with Crippen LogP contribution in [0.3, 0.4) is 0 Å². The van der Waals surface area contributed by atoms with Crippen molar-refractivity contribution in [2.24, 2.45) is 0 Å². The highest BCUT2D eigenvalue weighted by molar-refractivity contribution is 5.68. The first-order valence-corrected chi connectivity index (χ1v) is 7.48. The lowest BCUT2D eigenvalue weighted by Crippen LogP contribution is -2.50. The summed E-state index contributed by atoms with van der Waals surface area (Å²) in [6, 6.07) is 9.27. The van der Waals surface area contributed by atoms with E-state index in [0.29, 0.717) is 6.54 Å². The van der Waals surface area contributed by atoms with Crippen LogP contribution in [0, 0.1) is 0 Å². The molecule has 5 heteroatoms. The molecule has 1 saturated heterocycles. The number of hydrogen-bond acceptors (Lipinski definition) is 4. The molecule has 2 atom stereocenters. The van der Waals surface area contributed by atoms with Gasteiger partial charge in [0.25, 0.3) is 0 Å². The highest BCUT2D eigenvalue weighted by atomic mass is 16.6. The maximum Gasteiger partial charge on any atom is 0.410 e. The zero-order valence-corrected chi connectivity index (χ0v) is 12.1. The molecule has 0 unspecified atom stereocenters. The van der Waals surface area contributed by atoms with Gasteiger partial charge in [0.1, 0.15) is 6.61 Å². The van der Waals surface area contributed by atoms with Gasteiger partial charge < -0.3 is 19.8 Å². The summed E-state index contributed by atoms with van der Waals surface area (Å²) in [6.07, 6.45) is 1.85. The molecule has 1 aromatic rings. The monoisotopic (exact) mass is 293 g/mol. The Morgan fingerprint density at radius 1 is 1.33 bits per heavy atom. The third kappa shape index (κ3) is 4.44. The average molecular weight is 293 g/mol. The van der Waals surface area contributed by atoms with Crippen LogP contribution in [0.1, 0.15) is 31.2 Å². The minimum absolute atomic E-state index is 0.0788. The maximum atomic E-state index is 12.2. The van der Waals surface area contributed by atoms with Crippen LogP contribution in [0.15, 0.2) is 30.3 Å². The summed E-state index contributed by atoms with van der Waals surface area (Å²) in [4.78, 5) is 13.8. The van der Waals surface area contributed by atoms with Gasteiger partial charge in [-0.2, -0.15) is 0 Å². The lowest BCUT2D eigenvalue weighted by molar-refractivity contribution is 0.00517. The molecule has 0 aromatic heterocycles. The molecule has 1 amide bonds. The van der Waals surface area contributed by atoms with Gasteiger partial charge in [-0.15, -0.1) is 0 Å². The lowest BCUT2D eigenvalue weighted by atomic mass is 9.96. The molecule has 21 heavy (non-hydrogen) atoms. The van der Waals surface area contributed by atoms with Crippen molar-refractivity contribution in [3.05, 3.63) is 35.9 Å². The molecule has 0 aliphatic carbocycles. The molecular weight excluding hydrogens is 270 g/mol. The van der Waals surface area contributed by atoms with Crippen molar-refractivity contribution in [1.29, 1.82) is 0 Å². The van der Waals surface area contributed by atoms with Crippen LogP contribution in [0.4, 0.5) is 4.79 Å². The zero-order chi connectivity index (χ0) is 15.1. The molecule has 1 fully saturated rings. The summed E-state index contributed by atoms with van der Waals surface area (Å²) in [6.45, 7) is 0.754. The second-order valence-electron chi connectivity index (χ2n) is 5.38. The van der Waals surface area contributed by atoms with Gasteiger partial charge in [-0.1, -0.05) is 30.3 Å². The number of hydrogen-bond donors (Lipinski definition) is 2. The first kappa shape index (κ1) is 15.8. The lowest BCUT2D eigenvalue weighted by Gasteiger charge is -2.37. The molecule has 116 valence electrons. The topological polar surface area (TPSA) is 70.0 Å². The fourth-order valence-corrected chi connectivity index (χ4v) is 2.71. The second kappa shape index (κ2) is 8.00. The summed E-state index contributed by atoms with van der Waals surface area (Å²) in [5.74, 6) is 0. The Hall–Kier alpha value is -1.59. The number of aliphatic hydroxyl groups is 2. The van der Waals surface area contributed by atoms with E-state index in [1.807, 2.05) is 30.3 Å². The number of likely N-dealkylation sites (tertiary alicyclic amines) is 1. The number of amides is 1. The van der Waals surface area contributed by atoms with Crippen LogP contribution in [0.25, 0.3) is 0 Å². The summed E-state index contributed by atoms with van der Waals surface area (Å²) in [7, 11) is 0. The van der Waals surface area contributed by atoms with Gasteiger partial charge in [0, 0.05) is 13.2 Å². The largest absolute Gasteiger partial charge is 0.445 e. The number of benzene rings is 1. The number of ether oxygens (including phenoxy) is 1. The van der Waals surface area contributed by atoms with Crippen LogP contribution in [-0.4, -0.2) is 46.5 Å². The molecule has 0 spiro atoms. The van der Waals surface area contributed by atoms with E-state index in [1.165, 1.54) is 0 Å². The van der Waals surface area contributed by atoms with Gasteiger partial charge in [0.2, 0.25) is 0 Å². The Morgan fingerprint density at radius 2 is 2.10 bits per heavy atom. The molecule has 1 aliphatic rings. The van der Waals surface area contributed by atoms with Crippen molar-refractivity contribution in [2.45, 2.75) is 44.4 Å². The molecule has 2 N–H and O–H groups in total. The van der Waals surface area contributed by atoms with Crippen LogP contribution in [0.5, 0.6) is 0 Å². The van der Waals surface area contributed by atoms with Gasteiger partial charge in [-0.05, 0) is 31.2 Å². The number of aliphatic hydroxyl groups excluding tert-OH is 2. The molecule has 0 saturated carbocycles. The molecule has 1 aromatic carbocycles. The Morgan fingerprint density at radius 3 is 2.81 bits per heavy atom. The van der Waals surface area contributed by atoms with E-state index in [2.05, 4.69) is 0 Å². The van der Waals surface area contributed by atoms with Crippen LogP contribution < -0.4 is 0 Å². The molecule has 2 rings (SSSR count). The summed E-state index contributed by atoms with van der Waals surface area (Å²) < 4.78 is 5.34. The molecule has 0 radical (unpaired) electrons. The fourth-order valence-electron chi connectivity index (χ4n) is 2.71. The van der Waals surface area contributed by atoms with E-state index in [0.717, 1.165) is 24.8 Å². The Kier molecular flexibility index (Phi) is 6.02. The van der Waals surface area contributed by atoms with E-state index in [1.54, 1.807) is 4.90 Å². The first-order valence-electron chi connectivity index (χ1n) is 7.48. The summed E-state index contributed by atoms with van der Waals surface area (Å²) in [5, 5.41) is 19.0. The third-order valence-electron chi connectivity index (χ3n) is 3.86. The van der Waals surface area contributed by atoms with Crippen molar-refractivity contribution in [1.82, 2.24) is 4.90 Å². The van der Waals surface area contributed by atoms with Gasteiger partial charge in [-0.25, -0.2) is 4.79 Å². The summed E-state index contributed by atoms with van der Waals surface area (Å²) in [5.41, 5.74) is 0.940. The fraction of sp³-hybridized carbons (Fsp3) is 0.562. The van der Waals surface area contributed by atoms with Crippen LogP contribution >= 0.6 is 0 Å². The number of nitrogens with zero attached hydrogens (tertiary/aromatic N) is 1. The van der Waals surface area contributed by atoms with E-state index in [9.17, 15) is 9.90 Å². The zero-order valence-electron chi connectivity index (χ0n) is 12.1. The van der Waals surface area contributed by atoms with Crippen molar-refractivity contribution < 1.29 is 19.7 Å². The maximum absolute atomic E-state index is 12.2. The molecule has 1 heterocycles. The van der Waals surface area contributed by atoms with Gasteiger partial charge >= 0.3 is 6.09 Å². The third-order valence-corrected chi connectivity index (χ3v) is 3.86.